The van der Waals surface area contributed by atoms with Gasteiger partial charge in [-0.3, -0.25) is 4.79 Å². The van der Waals surface area contributed by atoms with E-state index in [1.807, 2.05) is 36.4 Å². The van der Waals surface area contributed by atoms with E-state index in [1.165, 1.54) is 6.21 Å². The summed E-state index contributed by atoms with van der Waals surface area (Å²) < 4.78 is 6.35. The number of nitrogens with zero attached hydrogens (tertiary/aromatic N) is 1. The lowest BCUT2D eigenvalue weighted by Crippen LogP contribution is -2.24. The molecule has 0 aliphatic rings. The van der Waals surface area contributed by atoms with Gasteiger partial charge in [-0.15, -0.1) is 0 Å². The van der Waals surface area contributed by atoms with Crippen LogP contribution in [0.4, 0.5) is 0 Å². The van der Waals surface area contributed by atoms with Crippen LogP contribution in [0, 0.1) is 0 Å². The Morgan fingerprint density at radius 2 is 1.88 bits per heavy atom. The van der Waals surface area contributed by atoms with Gasteiger partial charge in [-0.25, -0.2) is 5.43 Å². The average Bonchev–Trinajstić information content (AvgIpc) is 2.63. The fourth-order valence-corrected chi connectivity index (χ4v) is 2.88. The maximum atomic E-state index is 11.8. The molecule has 0 aliphatic heterocycles. The summed E-state index contributed by atoms with van der Waals surface area (Å²) >= 11 is 3.51. The molecular formula is C19H15BrN2O3. The van der Waals surface area contributed by atoms with Gasteiger partial charge >= 0.3 is 0 Å². The number of phenols is 1. The zero-order chi connectivity index (χ0) is 17.6. The summed E-state index contributed by atoms with van der Waals surface area (Å²) in [6.45, 7) is -0.172. The van der Waals surface area contributed by atoms with E-state index in [-0.39, 0.29) is 12.4 Å². The molecule has 0 bridgehead atoms. The minimum Gasteiger partial charge on any atom is -0.507 e. The molecule has 2 N–H and O–H groups in total. The first-order valence-electron chi connectivity index (χ1n) is 7.55. The third-order valence-corrected chi connectivity index (χ3v) is 4.33. The zero-order valence-electron chi connectivity index (χ0n) is 13.1. The summed E-state index contributed by atoms with van der Waals surface area (Å²) in [5.74, 6) is 0.280. The topological polar surface area (TPSA) is 70.9 Å². The highest BCUT2D eigenvalue weighted by atomic mass is 79.9. The van der Waals surface area contributed by atoms with Crippen LogP contribution < -0.4 is 10.2 Å². The van der Waals surface area contributed by atoms with Crippen LogP contribution in [0.2, 0.25) is 0 Å². The van der Waals surface area contributed by atoms with Gasteiger partial charge in [-0.2, -0.15) is 5.10 Å². The smallest absolute Gasteiger partial charge is 0.277 e. The molecule has 0 radical (unpaired) electrons. The van der Waals surface area contributed by atoms with Crippen molar-refractivity contribution in [3.8, 4) is 11.5 Å². The number of halogens is 1. The van der Waals surface area contributed by atoms with Gasteiger partial charge in [0.2, 0.25) is 0 Å². The van der Waals surface area contributed by atoms with E-state index < -0.39 is 5.91 Å². The van der Waals surface area contributed by atoms with E-state index in [9.17, 15) is 9.90 Å². The van der Waals surface area contributed by atoms with Gasteiger partial charge in [0.25, 0.3) is 5.91 Å². The number of ether oxygens (including phenoxy) is 1. The molecule has 0 saturated carbocycles. The Hall–Kier alpha value is -2.86. The highest BCUT2D eigenvalue weighted by molar-refractivity contribution is 9.10. The average molecular weight is 399 g/mol. The molecule has 6 heteroatoms. The van der Waals surface area contributed by atoms with E-state index in [0.717, 1.165) is 15.2 Å². The molecule has 25 heavy (non-hydrogen) atoms. The predicted octanol–water partition coefficient (Wildman–Crippen LogP) is 3.84. The summed E-state index contributed by atoms with van der Waals surface area (Å²) in [5, 5.41) is 15.5. The Morgan fingerprint density at radius 3 is 2.72 bits per heavy atom. The molecule has 3 aromatic carbocycles. The predicted molar refractivity (Wildman–Crippen MR) is 101 cm³/mol. The Balaban J connectivity index is 1.59. The normalized spacial score (nSPS) is 10.9. The van der Waals surface area contributed by atoms with Gasteiger partial charge < -0.3 is 9.84 Å². The molecule has 3 rings (SSSR count). The number of carbonyl (C=O) groups is 1. The van der Waals surface area contributed by atoms with Crippen molar-refractivity contribution in [2.75, 3.05) is 6.61 Å². The van der Waals surface area contributed by atoms with Gasteiger partial charge in [0.15, 0.2) is 6.61 Å². The molecule has 0 heterocycles. The SMILES string of the molecule is O=C(COc1ccc2ccccc2c1Br)N/N=C/c1ccccc1O. The van der Waals surface area contributed by atoms with Crippen molar-refractivity contribution in [2.24, 2.45) is 5.10 Å². The highest BCUT2D eigenvalue weighted by Crippen LogP contribution is 2.32. The largest absolute Gasteiger partial charge is 0.507 e. The fraction of sp³-hybridized carbons (Fsp3) is 0.0526. The number of aromatic hydroxyl groups is 1. The van der Waals surface area contributed by atoms with E-state index in [1.54, 1.807) is 24.3 Å². The van der Waals surface area contributed by atoms with Crippen LogP contribution in [-0.4, -0.2) is 23.8 Å². The summed E-state index contributed by atoms with van der Waals surface area (Å²) in [5.41, 5.74) is 2.88. The molecule has 3 aromatic rings. The van der Waals surface area contributed by atoms with Gasteiger partial charge in [0.05, 0.1) is 10.7 Å². The quantitative estimate of drug-likeness (QED) is 0.506. The Labute approximate surface area is 153 Å². The number of rotatable bonds is 5. The first-order chi connectivity index (χ1) is 12.1. The van der Waals surface area contributed by atoms with Crippen molar-refractivity contribution in [1.82, 2.24) is 5.43 Å². The molecule has 0 aliphatic carbocycles. The van der Waals surface area contributed by atoms with Crippen molar-refractivity contribution in [2.45, 2.75) is 0 Å². The summed E-state index contributed by atoms with van der Waals surface area (Å²) in [4.78, 5) is 11.8. The van der Waals surface area contributed by atoms with E-state index >= 15 is 0 Å². The number of para-hydroxylation sites is 1. The number of benzene rings is 3. The van der Waals surface area contributed by atoms with Crippen LogP contribution in [0.15, 0.2) is 70.2 Å². The lowest BCUT2D eigenvalue weighted by molar-refractivity contribution is -0.123. The Kier molecular flexibility index (Phi) is 5.30. The van der Waals surface area contributed by atoms with E-state index in [2.05, 4.69) is 26.5 Å². The van der Waals surface area contributed by atoms with Crippen LogP contribution in [0.25, 0.3) is 10.8 Å². The number of phenolic OH excluding ortho intramolecular Hbond substituents is 1. The van der Waals surface area contributed by atoms with Crippen molar-refractivity contribution in [3.63, 3.8) is 0 Å². The fourth-order valence-electron chi connectivity index (χ4n) is 2.27. The van der Waals surface area contributed by atoms with Gasteiger partial charge in [0, 0.05) is 5.56 Å². The van der Waals surface area contributed by atoms with Crippen LogP contribution in [0.5, 0.6) is 11.5 Å². The van der Waals surface area contributed by atoms with Gasteiger partial charge in [-0.05, 0) is 44.9 Å². The Morgan fingerprint density at radius 1 is 1.12 bits per heavy atom. The highest BCUT2D eigenvalue weighted by Gasteiger charge is 2.08. The van der Waals surface area contributed by atoms with Crippen LogP contribution in [-0.2, 0) is 4.79 Å². The second-order valence-electron chi connectivity index (χ2n) is 5.24. The molecule has 0 atom stereocenters. The van der Waals surface area contributed by atoms with Crippen molar-refractivity contribution in [3.05, 3.63) is 70.7 Å². The van der Waals surface area contributed by atoms with Crippen LogP contribution in [0.1, 0.15) is 5.56 Å². The van der Waals surface area contributed by atoms with Crippen molar-refractivity contribution < 1.29 is 14.6 Å². The van der Waals surface area contributed by atoms with Gasteiger partial charge in [-0.1, -0.05) is 42.5 Å². The lowest BCUT2D eigenvalue weighted by Gasteiger charge is -2.09. The number of hydrogen-bond acceptors (Lipinski definition) is 4. The number of fused-ring (bicyclic) bond motifs is 1. The first kappa shape index (κ1) is 17.0. The number of nitrogens with one attached hydrogen (secondary N) is 1. The number of hydrogen-bond donors (Lipinski definition) is 2. The Bertz CT molecular complexity index is 941. The first-order valence-corrected chi connectivity index (χ1v) is 8.34. The summed E-state index contributed by atoms with van der Waals surface area (Å²) in [7, 11) is 0. The van der Waals surface area contributed by atoms with E-state index in [0.29, 0.717) is 11.3 Å². The lowest BCUT2D eigenvalue weighted by atomic mass is 10.1. The second-order valence-corrected chi connectivity index (χ2v) is 6.03. The van der Waals surface area contributed by atoms with Gasteiger partial charge in [0.1, 0.15) is 11.5 Å². The maximum absolute atomic E-state index is 11.8. The van der Waals surface area contributed by atoms with Crippen molar-refractivity contribution in [1.29, 1.82) is 0 Å². The van der Waals surface area contributed by atoms with Crippen molar-refractivity contribution >= 4 is 38.8 Å². The zero-order valence-corrected chi connectivity index (χ0v) is 14.7. The maximum Gasteiger partial charge on any atom is 0.277 e. The second kappa shape index (κ2) is 7.81. The van der Waals surface area contributed by atoms with Crippen LogP contribution in [0.3, 0.4) is 0 Å². The third-order valence-electron chi connectivity index (χ3n) is 3.52. The van der Waals surface area contributed by atoms with E-state index in [4.69, 9.17) is 4.74 Å². The minimum absolute atomic E-state index is 0.0943. The molecule has 126 valence electrons. The molecule has 0 saturated heterocycles. The molecule has 0 fully saturated rings. The standard InChI is InChI=1S/C19H15BrN2O3/c20-19-15-7-3-1-5-13(15)9-10-17(19)25-12-18(24)22-21-11-14-6-2-4-8-16(14)23/h1-11,23H,12H2,(H,22,24)/b21-11+. The number of carbonyl (C=O) groups excluding carboxylic acids is 1. The molecule has 0 aromatic heterocycles. The molecular weight excluding hydrogens is 384 g/mol. The number of hydrazone groups is 1. The minimum atomic E-state index is -0.397. The van der Waals surface area contributed by atoms with Crippen LogP contribution >= 0.6 is 15.9 Å². The molecule has 0 unspecified atom stereocenters. The molecule has 1 amide bonds. The number of amides is 1. The summed E-state index contributed by atoms with van der Waals surface area (Å²) in [6, 6.07) is 18.3. The molecule has 0 spiro atoms. The summed E-state index contributed by atoms with van der Waals surface area (Å²) in [6.07, 6.45) is 1.37. The molecule has 5 nitrogen and oxygen atoms in total. The third kappa shape index (κ3) is 4.16. The monoisotopic (exact) mass is 398 g/mol.